The smallest absolute Gasteiger partial charge is 0.422 e. The minimum absolute atomic E-state index is 0.165. The van der Waals surface area contributed by atoms with E-state index in [4.69, 9.17) is 9.47 Å². The highest BCUT2D eigenvalue weighted by atomic mass is 32.2. The molecule has 2 aliphatic rings. The van der Waals surface area contributed by atoms with Crippen molar-refractivity contribution in [2.24, 2.45) is 17.8 Å². The van der Waals surface area contributed by atoms with Crippen molar-refractivity contribution in [2.45, 2.75) is 122 Å². The van der Waals surface area contributed by atoms with E-state index < -0.39 is 23.3 Å². The minimum Gasteiger partial charge on any atom is -0.493 e. The molecule has 38 heavy (non-hydrogen) atoms. The standard InChI is InChI=1S/C31H48F4O2S/c1-3-5-6-8-23-10-12-24(13-11-23)9-7-20-36-27-18-19-28(30(32)29(27)31(33,34)35)37-22-25-14-16-26(17-15-25)38-21-4-2/h18-19,23-26H,3-17,20-22H2,1-2H3. The van der Waals surface area contributed by atoms with Gasteiger partial charge in [0.1, 0.15) is 11.3 Å². The van der Waals surface area contributed by atoms with Crippen LogP contribution >= 0.6 is 11.8 Å². The molecule has 0 aromatic heterocycles. The van der Waals surface area contributed by atoms with Crippen molar-refractivity contribution in [2.75, 3.05) is 19.0 Å². The van der Waals surface area contributed by atoms with Crippen LogP contribution in [-0.4, -0.2) is 24.2 Å². The van der Waals surface area contributed by atoms with E-state index in [1.165, 1.54) is 63.5 Å². The van der Waals surface area contributed by atoms with E-state index in [1.54, 1.807) is 0 Å². The molecular formula is C31H48F4O2S. The lowest BCUT2D eigenvalue weighted by molar-refractivity contribution is -0.141. The molecule has 7 heteroatoms. The fourth-order valence-corrected chi connectivity index (χ4v) is 7.21. The van der Waals surface area contributed by atoms with Gasteiger partial charge in [-0.05, 0) is 80.6 Å². The Kier molecular flexibility index (Phi) is 13.4. The summed E-state index contributed by atoms with van der Waals surface area (Å²) in [4.78, 5) is 0. The van der Waals surface area contributed by atoms with Crippen LogP contribution in [0.4, 0.5) is 17.6 Å². The topological polar surface area (TPSA) is 18.5 Å². The van der Waals surface area contributed by atoms with E-state index in [0.29, 0.717) is 17.6 Å². The third-order valence-corrected chi connectivity index (χ3v) is 9.96. The molecular weight excluding hydrogens is 512 g/mol. The Morgan fingerprint density at radius 3 is 1.97 bits per heavy atom. The lowest BCUT2D eigenvalue weighted by atomic mass is 9.78. The summed E-state index contributed by atoms with van der Waals surface area (Å²) in [6.45, 7) is 4.82. The highest BCUT2D eigenvalue weighted by molar-refractivity contribution is 7.99. The van der Waals surface area contributed by atoms with Gasteiger partial charge in [0.05, 0.1) is 13.2 Å². The summed E-state index contributed by atoms with van der Waals surface area (Å²) in [7, 11) is 0. The van der Waals surface area contributed by atoms with Crippen LogP contribution in [0.3, 0.4) is 0 Å². The van der Waals surface area contributed by atoms with Gasteiger partial charge in [-0.2, -0.15) is 24.9 Å². The Labute approximate surface area is 232 Å². The fraction of sp³-hybridized carbons (Fsp3) is 0.806. The maximum absolute atomic E-state index is 15.0. The number of unbranched alkanes of at least 4 members (excludes halogenated alkanes) is 2. The molecule has 0 radical (unpaired) electrons. The van der Waals surface area contributed by atoms with Crippen molar-refractivity contribution < 1.29 is 27.0 Å². The van der Waals surface area contributed by atoms with Gasteiger partial charge in [0, 0.05) is 5.25 Å². The van der Waals surface area contributed by atoms with Gasteiger partial charge < -0.3 is 9.47 Å². The van der Waals surface area contributed by atoms with Gasteiger partial charge in [0.2, 0.25) is 0 Å². The minimum atomic E-state index is -4.84. The third-order valence-electron chi connectivity index (χ3n) is 8.37. The molecule has 2 nitrogen and oxygen atoms in total. The molecule has 0 amide bonds. The summed E-state index contributed by atoms with van der Waals surface area (Å²) in [5.74, 6) is 0.751. The maximum atomic E-state index is 15.0. The second-order valence-corrected chi connectivity index (χ2v) is 12.9. The molecule has 0 saturated heterocycles. The van der Waals surface area contributed by atoms with Gasteiger partial charge in [0.15, 0.2) is 11.6 Å². The van der Waals surface area contributed by atoms with E-state index in [0.717, 1.165) is 50.2 Å². The Bertz CT molecular complexity index is 800. The Morgan fingerprint density at radius 2 is 1.37 bits per heavy atom. The first-order valence-corrected chi connectivity index (χ1v) is 16.1. The molecule has 2 fully saturated rings. The zero-order chi connectivity index (χ0) is 27.4. The number of benzene rings is 1. The fourth-order valence-electron chi connectivity index (χ4n) is 6.04. The lowest BCUT2D eigenvalue weighted by Gasteiger charge is -2.28. The highest BCUT2D eigenvalue weighted by Crippen LogP contribution is 2.42. The summed E-state index contributed by atoms with van der Waals surface area (Å²) in [5, 5.41) is 0.654. The molecule has 0 atom stereocenters. The van der Waals surface area contributed by atoms with Crippen LogP contribution in [0, 0.1) is 23.6 Å². The zero-order valence-electron chi connectivity index (χ0n) is 23.4. The second kappa shape index (κ2) is 16.2. The molecule has 0 aliphatic heterocycles. The van der Waals surface area contributed by atoms with Crippen molar-refractivity contribution >= 4 is 11.8 Å². The first kappa shape index (κ1) is 31.4. The van der Waals surface area contributed by atoms with E-state index in [-0.39, 0.29) is 24.9 Å². The maximum Gasteiger partial charge on any atom is 0.422 e. The molecule has 3 rings (SSSR count). The van der Waals surface area contributed by atoms with Gasteiger partial charge in [-0.25, -0.2) is 4.39 Å². The van der Waals surface area contributed by atoms with E-state index in [1.807, 2.05) is 11.8 Å². The summed E-state index contributed by atoms with van der Waals surface area (Å²) < 4.78 is 67.5. The zero-order valence-corrected chi connectivity index (χ0v) is 24.2. The van der Waals surface area contributed by atoms with Crippen molar-refractivity contribution in [3.63, 3.8) is 0 Å². The van der Waals surface area contributed by atoms with Gasteiger partial charge in [0.25, 0.3) is 0 Å². The molecule has 0 spiro atoms. The van der Waals surface area contributed by atoms with Crippen LogP contribution in [0.15, 0.2) is 12.1 Å². The Hall–Kier alpha value is -1.11. The second-order valence-electron chi connectivity index (χ2n) is 11.4. The summed E-state index contributed by atoms with van der Waals surface area (Å²) >= 11 is 2.00. The average molecular weight is 561 g/mol. The van der Waals surface area contributed by atoms with Crippen molar-refractivity contribution in [3.8, 4) is 11.5 Å². The highest BCUT2D eigenvalue weighted by Gasteiger charge is 2.40. The molecule has 1 aromatic rings. The quantitative estimate of drug-likeness (QED) is 0.157. The van der Waals surface area contributed by atoms with Crippen LogP contribution in [0.5, 0.6) is 11.5 Å². The summed E-state index contributed by atoms with van der Waals surface area (Å²) in [6.07, 6.45) is 12.2. The largest absolute Gasteiger partial charge is 0.493 e. The molecule has 0 bridgehead atoms. The SMILES string of the molecule is CCCCCC1CCC(CCCOc2ccc(OCC3CCC(SCCC)CC3)c(F)c2C(F)(F)F)CC1. The van der Waals surface area contributed by atoms with Crippen molar-refractivity contribution in [1.29, 1.82) is 0 Å². The summed E-state index contributed by atoms with van der Waals surface area (Å²) in [6, 6.07) is 2.52. The molecule has 1 aromatic carbocycles. The van der Waals surface area contributed by atoms with Crippen LogP contribution in [0.1, 0.15) is 116 Å². The Balaban J connectivity index is 1.45. The van der Waals surface area contributed by atoms with Gasteiger partial charge in [-0.3, -0.25) is 0 Å². The molecule has 2 aliphatic carbocycles. The molecule has 0 unspecified atom stereocenters. The van der Waals surface area contributed by atoms with E-state index in [9.17, 15) is 13.2 Å². The molecule has 0 heterocycles. The number of rotatable bonds is 15. The molecule has 218 valence electrons. The van der Waals surface area contributed by atoms with Gasteiger partial charge in [-0.1, -0.05) is 65.2 Å². The molecule has 0 N–H and O–H groups in total. The van der Waals surface area contributed by atoms with E-state index >= 15 is 4.39 Å². The van der Waals surface area contributed by atoms with Gasteiger partial charge in [-0.15, -0.1) is 0 Å². The number of ether oxygens (including phenoxy) is 2. The predicted octanol–water partition coefficient (Wildman–Crippen LogP) is 10.5. The number of thioether (sulfide) groups is 1. The lowest BCUT2D eigenvalue weighted by Crippen LogP contribution is -2.22. The van der Waals surface area contributed by atoms with Crippen LogP contribution in [-0.2, 0) is 6.18 Å². The first-order chi connectivity index (χ1) is 18.3. The number of alkyl halides is 3. The van der Waals surface area contributed by atoms with Crippen molar-refractivity contribution in [3.05, 3.63) is 23.5 Å². The van der Waals surface area contributed by atoms with Crippen LogP contribution in [0.25, 0.3) is 0 Å². The van der Waals surface area contributed by atoms with E-state index in [2.05, 4.69) is 13.8 Å². The predicted molar refractivity (Wildman–Crippen MR) is 150 cm³/mol. The Morgan fingerprint density at radius 1 is 0.763 bits per heavy atom. The first-order valence-electron chi connectivity index (χ1n) is 15.1. The number of halogens is 4. The average Bonchev–Trinajstić information content (AvgIpc) is 2.90. The van der Waals surface area contributed by atoms with Gasteiger partial charge >= 0.3 is 6.18 Å². The van der Waals surface area contributed by atoms with Crippen molar-refractivity contribution in [1.82, 2.24) is 0 Å². The van der Waals surface area contributed by atoms with Crippen LogP contribution in [0.2, 0.25) is 0 Å². The third kappa shape index (κ3) is 10.1. The monoisotopic (exact) mass is 560 g/mol. The van der Waals surface area contributed by atoms with Crippen LogP contribution < -0.4 is 9.47 Å². The molecule has 2 saturated carbocycles. The summed E-state index contributed by atoms with van der Waals surface area (Å²) in [5.41, 5.74) is -1.35. The normalized spacial score (nSPS) is 24.4. The number of hydrogen-bond donors (Lipinski definition) is 0. The number of hydrogen-bond acceptors (Lipinski definition) is 3.